The van der Waals surface area contributed by atoms with Crippen LogP contribution in [0.2, 0.25) is 0 Å². The van der Waals surface area contributed by atoms with Gasteiger partial charge in [0.15, 0.2) is 0 Å². The van der Waals surface area contributed by atoms with Crippen molar-refractivity contribution in [2.75, 3.05) is 19.1 Å². The molecule has 0 aliphatic carbocycles. The summed E-state index contributed by atoms with van der Waals surface area (Å²) in [6.45, 7) is 3.88. The van der Waals surface area contributed by atoms with E-state index in [2.05, 4.69) is 4.74 Å². The summed E-state index contributed by atoms with van der Waals surface area (Å²) in [6, 6.07) is 0. The molecule has 14 heavy (non-hydrogen) atoms. The Morgan fingerprint density at radius 2 is 2.14 bits per heavy atom. The van der Waals surface area contributed by atoms with E-state index in [1.807, 2.05) is 0 Å². The van der Waals surface area contributed by atoms with Crippen molar-refractivity contribution < 1.29 is 14.3 Å². The van der Waals surface area contributed by atoms with Crippen LogP contribution in [0.15, 0.2) is 0 Å². The van der Waals surface area contributed by atoms with Gasteiger partial charge in [-0.05, 0) is 13.3 Å². The standard InChI is InChI=1S/C8H13Cl2O3.Rf/c1-7(5-12-6-11)13-3-2-8(10)4-9;/h7-8H,2-5H2,1H3;/q-1;. The molecule has 0 aromatic carbocycles. The number of carbonyl (C=O) groups excluding carboxylic acids is 1. The molecule has 0 aromatic heterocycles. The number of hydrogen-bond acceptors (Lipinski definition) is 3. The van der Waals surface area contributed by atoms with Gasteiger partial charge in [-0.3, -0.25) is 0 Å². The predicted molar refractivity (Wildman–Crippen MR) is 52.0 cm³/mol. The number of ether oxygens (including phenoxy) is 2. The van der Waals surface area contributed by atoms with Crippen LogP contribution >= 0.6 is 23.2 Å². The zero-order valence-corrected chi connectivity index (χ0v) is 16.1. The van der Waals surface area contributed by atoms with Gasteiger partial charge in [0.1, 0.15) is 0 Å². The first kappa shape index (κ1) is 15.5. The fourth-order valence-electron chi connectivity index (χ4n) is 0.674. The zero-order chi connectivity index (χ0) is 10.1. The summed E-state index contributed by atoms with van der Waals surface area (Å²) in [7, 11) is 0. The molecule has 0 N–H and O–H groups in total. The number of hydrogen-bond donors (Lipinski definition) is 0. The maximum Gasteiger partial charge on any atom is 0.0853 e. The van der Waals surface area contributed by atoms with Crippen molar-refractivity contribution in [3.63, 3.8) is 0 Å². The first-order chi connectivity index (χ1) is 6.20. The molecule has 0 rings (SSSR count). The molecule has 2 atom stereocenters. The Morgan fingerprint density at radius 3 is 2.64 bits per heavy atom. The van der Waals surface area contributed by atoms with Crippen LogP contribution in [0.4, 0.5) is 0 Å². The largest absolute Gasteiger partial charge is 0.651 e. The van der Waals surface area contributed by atoms with Gasteiger partial charge in [-0.1, -0.05) is 6.47 Å². The van der Waals surface area contributed by atoms with Crippen LogP contribution in [0.1, 0.15) is 13.3 Å². The van der Waals surface area contributed by atoms with Gasteiger partial charge >= 0.3 is 0 Å². The fourth-order valence-corrected chi connectivity index (χ4v) is 0.917. The minimum Gasteiger partial charge on any atom is -0.651 e. The van der Waals surface area contributed by atoms with Crippen molar-refractivity contribution >= 4 is 29.7 Å². The molecule has 0 spiro atoms. The van der Waals surface area contributed by atoms with Gasteiger partial charge in [0.05, 0.1) is 12.7 Å². The Bertz CT molecular complexity index is 138. The Labute approximate surface area is 88.3 Å². The third-order valence-corrected chi connectivity index (χ3v) is 2.28. The second-order valence-electron chi connectivity index (χ2n) is 2.62. The monoisotopic (exact) mass is 494 g/mol. The van der Waals surface area contributed by atoms with Gasteiger partial charge in [0.2, 0.25) is 0 Å². The van der Waals surface area contributed by atoms with E-state index in [0.717, 1.165) is 0 Å². The van der Waals surface area contributed by atoms with Crippen LogP contribution in [0, 0.1) is 0 Å². The average molecular weight is 495 g/mol. The van der Waals surface area contributed by atoms with Crippen LogP contribution in [0.5, 0.6) is 0 Å². The second kappa shape index (κ2) is 10.1. The van der Waals surface area contributed by atoms with E-state index >= 15 is 0 Å². The van der Waals surface area contributed by atoms with Crippen LogP contribution < -0.4 is 0 Å². The molecule has 2 unspecified atom stereocenters. The first-order valence-electron chi connectivity index (χ1n) is 4.01. The van der Waals surface area contributed by atoms with Crippen molar-refractivity contribution in [2.45, 2.75) is 24.8 Å². The van der Waals surface area contributed by atoms with E-state index in [4.69, 9.17) is 27.9 Å². The molecule has 0 amide bonds. The smallest absolute Gasteiger partial charge is 0.0853 e. The van der Waals surface area contributed by atoms with Crippen LogP contribution in [-0.2, 0) is 14.3 Å². The van der Waals surface area contributed by atoms with Gasteiger partial charge < -0.3 is 14.3 Å². The van der Waals surface area contributed by atoms with E-state index in [1.54, 1.807) is 6.92 Å². The Kier molecular flexibility index (Phi) is 11.2. The molecule has 0 radical (unpaired) electrons. The maximum absolute atomic E-state index is 9.70. The van der Waals surface area contributed by atoms with Gasteiger partial charge in [-0.25, -0.2) is 0 Å². The summed E-state index contributed by atoms with van der Waals surface area (Å²) >= 11 is 11.2. The minimum absolute atomic E-state index is 0. The van der Waals surface area contributed by atoms with Gasteiger partial charge in [0.25, 0.3) is 0 Å². The third kappa shape index (κ3) is 9.10. The molecule has 0 fully saturated rings. The van der Waals surface area contributed by atoms with E-state index in [1.165, 1.54) is 6.47 Å². The number of halogens is 2. The molecule has 0 aromatic rings. The van der Waals surface area contributed by atoms with Crippen LogP contribution in [0.25, 0.3) is 0 Å². The van der Waals surface area contributed by atoms with Gasteiger partial charge in [-0.2, -0.15) is 0 Å². The molecule has 3 nitrogen and oxygen atoms in total. The van der Waals surface area contributed by atoms with Gasteiger partial charge in [0, 0.05) is 17.9 Å². The molecule has 0 heterocycles. The summed E-state index contributed by atoms with van der Waals surface area (Å²) in [4.78, 5) is 9.70. The first-order valence-corrected chi connectivity index (χ1v) is 4.98. The fraction of sp³-hybridized carbons (Fsp3) is 0.875. The summed E-state index contributed by atoms with van der Waals surface area (Å²) in [6.07, 6.45) is 0.570. The van der Waals surface area contributed by atoms with E-state index < -0.39 is 0 Å². The van der Waals surface area contributed by atoms with Crippen LogP contribution in [0.3, 0.4) is 0 Å². The van der Waals surface area contributed by atoms with Crippen LogP contribution in [-0.4, -0.2) is 37.0 Å². The Morgan fingerprint density at radius 1 is 1.50 bits per heavy atom. The molecule has 0 aliphatic heterocycles. The number of rotatable bonds is 8. The SMILES string of the molecule is CC(CO[C-]=O)OCCC(Cl)CCl.[Rf]. The predicted octanol–water partition coefficient (Wildman–Crippen LogP) is 1.71. The molecule has 0 saturated carbocycles. The third-order valence-electron chi connectivity index (χ3n) is 1.38. The molecule has 6 heteroatoms. The zero-order valence-electron chi connectivity index (χ0n) is 8.17. The van der Waals surface area contributed by atoms with Crippen molar-refractivity contribution in [3.05, 3.63) is 0 Å². The maximum atomic E-state index is 9.70. The van der Waals surface area contributed by atoms with Crippen molar-refractivity contribution in [3.8, 4) is 0 Å². The number of alkyl halides is 2. The molecular formula is C8H13Cl2O3Rf-. The molecular weight excluding hydrogens is 482 g/mol. The average Bonchev–Trinajstić information content (AvgIpc) is 2.14. The van der Waals surface area contributed by atoms with E-state index in [-0.39, 0.29) is 18.1 Å². The summed E-state index contributed by atoms with van der Waals surface area (Å²) in [5.74, 6) is 0.415. The molecule has 0 saturated heterocycles. The van der Waals surface area contributed by atoms with E-state index in [9.17, 15) is 4.79 Å². The van der Waals surface area contributed by atoms with Crippen molar-refractivity contribution in [1.82, 2.24) is 0 Å². The summed E-state index contributed by atoms with van der Waals surface area (Å²) < 4.78 is 9.66. The normalized spacial score (nSPS) is 13.9. The van der Waals surface area contributed by atoms with E-state index in [0.29, 0.717) is 18.9 Å². The molecule has 0 aliphatic rings. The molecule has 80 valence electrons. The summed E-state index contributed by atoms with van der Waals surface area (Å²) in [5.41, 5.74) is 0. The Balaban J connectivity index is 0. The van der Waals surface area contributed by atoms with Crippen molar-refractivity contribution in [2.24, 2.45) is 0 Å². The Hall–Kier alpha value is -0.990. The second-order valence-corrected chi connectivity index (χ2v) is 3.54. The van der Waals surface area contributed by atoms with Crippen molar-refractivity contribution in [1.29, 1.82) is 0 Å². The quantitative estimate of drug-likeness (QED) is 0.381. The molecule has 0 bridgehead atoms. The summed E-state index contributed by atoms with van der Waals surface area (Å²) in [5, 5.41) is -0.0626. The minimum atomic E-state index is -0.124. The topological polar surface area (TPSA) is 35.5 Å². The van der Waals surface area contributed by atoms with Gasteiger partial charge in [-0.15, -0.1) is 23.2 Å².